The first kappa shape index (κ1) is 19.1. The molecule has 0 aliphatic carbocycles. The average molecular weight is 391 g/mol. The third-order valence-electron chi connectivity index (χ3n) is 4.46. The van der Waals surface area contributed by atoms with Crippen molar-refractivity contribution >= 4 is 21.4 Å². The molecule has 0 unspecified atom stereocenters. The number of nitro benzene ring substituents is 1. The van der Waals surface area contributed by atoms with E-state index in [1.54, 1.807) is 6.07 Å². The normalized spacial score (nSPS) is 15.5. The summed E-state index contributed by atoms with van der Waals surface area (Å²) in [6.45, 7) is 1.99. The van der Waals surface area contributed by atoms with Gasteiger partial charge in [-0.05, 0) is 18.2 Å². The summed E-state index contributed by atoms with van der Waals surface area (Å²) in [7, 11) is -3.21. The van der Waals surface area contributed by atoms with Gasteiger partial charge in [-0.1, -0.05) is 18.2 Å². The van der Waals surface area contributed by atoms with Crippen molar-refractivity contribution in [1.29, 1.82) is 0 Å². The second kappa shape index (κ2) is 7.93. The van der Waals surface area contributed by atoms with Gasteiger partial charge >= 0.3 is 0 Å². The number of sulfonamides is 1. The Morgan fingerprint density at radius 3 is 2.33 bits per heavy atom. The number of anilines is 1. The van der Waals surface area contributed by atoms with Crippen LogP contribution in [-0.4, -0.2) is 50.1 Å². The Morgan fingerprint density at radius 1 is 1.07 bits per heavy atom. The van der Waals surface area contributed by atoms with Crippen LogP contribution >= 0.6 is 0 Å². The molecule has 0 atom stereocenters. The largest absolute Gasteiger partial charge is 0.489 e. The minimum atomic E-state index is -3.21. The number of ether oxygens (including phenoxy) is 1. The standard InChI is InChI=1S/C18H21N3O5S/c1-27(24,25)20-11-9-19(10-12-20)18-8-7-16(21(22)23)13-15(18)14-26-17-5-3-2-4-6-17/h2-8,13H,9-12,14H2,1H3. The Hall–Kier alpha value is -2.65. The lowest BCUT2D eigenvalue weighted by atomic mass is 10.1. The highest BCUT2D eigenvalue weighted by atomic mass is 32.2. The van der Waals surface area contributed by atoms with Gasteiger partial charge < -0.3 is 9.64 Å². The highest BCUT2D eigenvalue weighted by molar-refractivity contribution is 7.88. The van der Waals surface area contributed by atoms with Gasteiger partial charge in [0.2, 0.25) is 10.0 Å². The van der Waals surface area contributed by atoms with Gasteiger partial charge in [0.1, 0.15) is 12.4 Å². The molecule has 27 heavy (non-hydrogen) atoms. The zero-order valence-corrected chi connectivity index (χ0v) is 15.8. The molecule has 0 saturated carbocycles. The fourth-order valence-corrected chi connectivity index (χ4v) is 3.87. The average Bonchev–Trinajstić information content (AvgIpc) is 2.66. The lowest BCUT2D eigenvalue weighted by Crippen LogP contribution is -2.48. The quantitative estimate of drug-likeness (QED) is 0.554. The second-order valence-electron chi connectivity index (χ2n) is 6.32. The second-order valence-corrected chi connectivity index (χ2v) is 8.30. The number of hydrogen-bond donors (Lipinski definition) is 0. The molecule has 0 bridgehead atoms. The van der Waals surface area contributed by atoms with Gasteiger partial charge in [-0.3, -0.25) is 10.1 Å². The van der Waals surface area contributed by atoms with E-state index in [1.807, 2.05) is 35.2 Å². The molecular weight excluding hydrogens is 370 g/mol. The van der Waals surface area contributed by atoms with Gasteiger partial charge in [-0.25, -0.2) is 8.42 Å². The van der Waals surface area contributed by atoms with Crippen molar-refractivity contribution in [2.24, 2.45) is 0 Å². The van der Waals surface area contributed by atoms with Crippen molar-refractivity contribution in [3.05, 3.63) is 64.2 Å². The molecule has 0 N–H and O–H groups in total. The minimum Gasteiger partial charge on any atom is -0.489 e. The molecule has 2 aromatic carbocycles. The zero-order valence-electron chi connectivity index (χ0n) is 14.9. The molecule has 144 valence electrons. The molecule has 9 heteroatoms. The minimum absolute atomic E-state index is 0.000170. The van der Waals surface area contributed by atoms with Crippen LogP contribution in [0.1, 0.15) is 5.56 Å². The summed E-state index contributed by atoms with van der Waals surface area (Å²) in [5, 5.41) is 11.1. The number of para-hydroxylation sites is 1. The maximum absolute atomic E-state index is 11.7. The van der Waals surface area contributed by atoms with E-state index < -0.39 is 14.9 Å². The Kier molecular flexibility index (Phi) is 5.62. The molecule has 1 saturated heterocycles. The number of hydrogen-bond acceptors (Lipinski definition) is 6. The lowest BCUT2D eigenvalue weighted by molar-refractivity contribution is -0.384. The highest BCUT2D eigenvalue weighted by Crippen LogP contribution is 2.28. The van der Waals surface area contributed by atoms with Gasteiger partial charge in [-0.15, -0.1) is 0 Å². The monoisotopic (exact) mass is 391 g/mol. The van der Waals surface area contributed by atoms with Crippen LogP contribution in [0.25, 0.3) is 0 Å². The maximum Gasteiger partial charge on any atom is 0.269 e. The molecule has 2 aromatic rings. The van der Waals surface area contributed by atoms with Crippen LogP contribution in [0.15, 0.2) is 48.5 Å². The van der Waals surface area contributed by atoms with E-state index >= 15 is 0 Å². The van der Waals surface area contributed by atoms with Crippen molar-refractivity contribution in [2.75, 3.05) is 37.3 Å². The third kappa shape index (κ3) is 4.75. The van der Waals surface area contributed by atoms with Crippen molar-refractivity contribution in [1.82, 2.24) is 4.31 Å². The SMILES string of the molecule is CS(=O)(=O)N1CCN(c2ccc([N+](=O)[O-])cc2COc2ccccc2)CC1. The summed E-state index contributed by atoms with van der Waals surface area (Å²) in [5.41, 5.74) is 1.52. The van der Waals surface area contributed by atoms with E-state index in [9.17, 15) is 18.5 Å². The predicted octanol–water partition coefficient (Wildman–Crippen LogP) is 2.26. The van der Waals surface area contributed by atoms with E-state index in [-0.39, 0.29) is 12.3 Å². The first-order valence-electron chi connectivity index (χ1n) is 8.50. The fraction of sp³-hybridized carbons (Fsp3) is 0.333. The Morgan fingerprint density at radius 2 is 1.74 bits per heavy atom. The van der Waals surface area contributed by atoms with E-state index in [1.165, 1.54) is 22.7 Å². The molecule has 1 fully saturated rings. The van der Waals surface area contributed by atoms with Crippen LogP contribution in [0.5, 0.6) is 5.75 Å². The van der Waals surface area contributed by atoms with Crippen LogP contribution < -0.4 is 9.64 Å². The zero-order chi connectivity index (χ0) is 19.4. The summed E-state index contributed by atoms with van der Waals surface area (Å²) in [4.78, 5) is 12.7. The maximum atomic E-state index is 11.7. The van der Waals surface area contributed by atoms with Crippen LogP contribution in [0, 0.1) is 10.1 Å². The van der Waals surface area contributed by atoms with Crippen LogP contribution in [0.2, 0.25) is 0 Å². The number of non-ortho nitro benzene ring substituents is 1. The summed E-state index contributed by atoms with van der Waals surface area (Å²) >= 11 is 0. The third-order valence-corrected chi connectivity index (χ3v) is 5.76. The Bertz CT molecular complexity index is 910. The molecule has 8 nitrogen and oxygen atoms in total. The predicted molar refractivity (Wildman–Crippen MR) is 103 cm³/mol. The number of rotatable bonds is 6. The summed E-state index contributed by atoms with van der Waals surface area (Å²) in [6, 6.07) is 13.9. The Labute approximate surface area is 158 Å². The molecule has 0 aromatic heterocycles. The molecule has 0 spiro atoms. The van der Waals surface area contributed by atoms with Gasteiger partial charge in [0, 0.05) is 49.6 Å². The van der Waals surface area contributed by atoms with Crippen LogP contribution in [-0.2, 0) is 16.6 Å². The molecule has 1 aliphatic heterocycles. The van der Waals surface area contributed by atoms with Crippen LogP contribution in [0.3, 0.4) is 0 Å². The summed E-state index contributed by atoms with van der Waals surface area (Å²) < 4.78 is 30.6. The molecular formula is C18H21N3O5S. The van der Waals surface area contributed by atoms with Gasteiger partial charge in [0.15, 0.2) is 0 Å². The number of nitrogens with zero attached hydrogens (tertiary/aromatic N) is 3. The topological polar surface area (TPSA) is 93.0 Å². The number of piperazine rings is 1. The molecule has 1 heterocycles. The van der Waals surface area contributed by atoms with Crippen molar-refractivity contribution in [2.45, 2.75) is 6.61 Å². The van der Waals surface area contributed by atoms with E-state index in [0.717, 1.165) is 5.69 Å². The molecule has 3 rings (SSSR count). The van der Waals surface area contributed by atoms with Crippen LogP contribution in [0.4, 0.5) is 11.4 Å². The van der Waals surface area contributed by atoms with Gasteiger partial charge in [0.05, 0.1) is 11.2 Å². The van der Waals surface area contributed by atoms with E-state index in [2.05, 4.69) is 0 Å². The number of nitro groups is 1. The fourth-order valence-electron chi connectivity index (χ4n) is 3.05. The first-order valence-corrected chi connectivity index (χ1v) is 10.3. The first-order chi connectivity index (χ1) is 12.8. The molecule has 1 aliphatic rings. The Balaban J connectivity index is 1.80. The number of benzene rings is 2. The summed E-state index contributed by atoms with van der Waals surface area (Å²) in [6.07, 6.45) is 1.20. The van der Waals surface area contributed by atoms with E-state index in [0.29, 0.717) is 37.5 Å². The molecule has 0 amide bonds. The van der Waals surface area contributed by atoms with Crippen molar-refractivity contribution < 1.29 is 18.1 Å². The van der Waals surface area contributed by atoms with Gasteiger partial charge in [-0.2, -0.15) is 4.31 Å². The van der Waals surface area contributed by atoms with Crippen molar-refractivity contribution in [3.8, 4) is 5.75 Å². The smallest absolute Gasteiger partial charge is 0.269 e. The lowest BCUT2D eigenvalue weighted by Gasteiger charge is -2.35. The highest BCUT2D eigenvalue weighted by Gasteiger charge is 2.25. The summed E-state index contributed by atoms with van der Waals surface area (Å²) in [5.74, 6) is 0.678. The van der Waals surface area contributed by atoms with E-state index in [4.69, 9.17) is 4.74 Å². The molecule has 0 radical (unpaired) electrons. The van der Waals surface area contributed by atoms with Gasteiger partial charge in [0.25, 0.3) is 5.69 Å². The van der Waals surface area contributed by atoms with Crippen molar-refractivity contribution in [3.63, 3.8) is 0 Å².